The quantitative estimate of drug-likeness (QED) is 0.840. The van der Waals surface area contributed by atoms with Crippen molar-refractivity contribution in [1.82, 2.24) is 4.31 Å². The van der Waals surface area contributed by atoms with Gasteiger partial charge >= 0.3 is 0 Å². The van der Waals surface area contributed by atoms with Crippen molar-refractivity contribution < 1.29 is 18.3 Å². The molecule has 5 nitrogen and oxygen atoms in total. The molecule has 0 spiro atoms. The maximum absolute atomic E-state index is 12.8. The summed E-state index contributed by atoms with van der Waals surface area (Å²) in [5.74, 6) is 5.18. The number of nitrogens with zero attached hydrogens (tertiary/aromatic N) is 1. The molecule has 2 unspecified atom stereocenters. The predicted octanol–water partition coefficient (Wildman–Crippen LogP) is 0.828. The van der Waals surface area contributed by atoms with E-state index in [1.807, 2.05) is 6.92 Å². The summed E-state index contributed by atoms with van der Waals surface area (Å²) in [6.45, 7) is 2.14. The SMILES string of the molecule is CC1OCCC1N(C)S(=O)(=O)c1ccccc1C#CCO. The second-order valence-corrected chi connectivity index (χ2v) is 6.88. The lowest BCUT2D eigenvalue weighted by atomic mass is 10.2. The molecule has 2 rings (SSSR count). The monoisotopic (exact) mass is 309 g/mol. The molecular weight excluding hydrogens is 290 g/mol. The van der Waals surface area contributed by atoms with E-state index >= 15 is 0 Å². The van der Waals surface area contributed by atoms with Gasteiger partial charge in [-0.25, -0.2) is 8.42 Å². The molecule has 6 heteroatoms. The molecule has 1 aliphatic rings. The molecule has 0 aromatic heterocycles. The van der Waals surface area contributed by atoms with Crippen LogP contribution in [-0.4, -0.2) is 50.2 Å². The van der Waals surface area contributed by atoms with Crippen molar-refractivity contribution in [3.8, 4) is 11.8 Å². The smallest absolute Gasteiger partial charge is 0.244 e. The maximum Gasteiger partial charge on any atom is 0.244 e. The molecule has 1 N–H and O–H groups in total. The number of sulfonamides is 1. The molecule has 1 aromatic rings. The topological polar surface area (TPSA) is 66.8 Å². The fourth-order valence-electron chi connectivity index (χ4n) is 2.46. The summed E-state index contributed by atoms with van der Waals surface area (Å²) in [4.78, 5) is 0.160. The van der Waals surface area contributed by atoms with E-state index in [1.54, 1.807) is 25.2 Å². The highest BCUT2D eigenvalue weighted by molar-refractivity contribution is 7.89. The van der Waals surface area contributed by atoms with Gasteiger partial charge in [-0.05, 0) is 25.5 Å². The highest BCUT2D eigenvalue weighted by Crippen LogP contribution is 2.26. The lowest BCUT2D eigenvalue weighted by Crippen LogP contribution is -2.41. The van der Waals surface area contributed by atoms with E-state index in [0.29, 0.717) is 18.6 Å². The minimum Gasteiger partial charge on any atom is -0.384 e. The Morgan fingerprint density at radius 3 is 2.76 bits per heavy atom. The van der Waals surface area contributed by atoms with Crippen LogP contribution in [0.2, 0.25) is 0 Å². The van der Waals surface area contributed by atoms with E-state index in [9.17, 15) is 8.42 Å². The standard InChI is InChI=1S/C15H19NO4S/c1-12-14(9-11-20-12)16(2)21(18,19)15-8-4-3-6-13(15)7-5-10-17/h3-4,6,8,12,14,17H,9-11H2,1-2H3. The zero-order valence-electron chi connectivity index (χ0n) is 12.1. The molecule has 2 atom stereocenters. The summed E-state index contributed by atoms with van der Waals surface area (Å²) in [6.07, 6.45) is 0.557. The van der Waals surface area contributed by atoms with Crippen LogP contribution in [0.1, 0.15) is 18.9 Å². The summed E-state index contributed by atoms with van der Waals surface area (Å²) in [7, 11) is -2.08. The largest absolute Gasteiger partial charge is 0.384 e. The van der Waals surface area contributed by atoms with Crippen molar-refractivity contribution in [3.63, 3.8) is 0 Å². The Morgan fingerprint density at radius 1 is 1.43 bits per heavy atom. The number of rotatable bonds is 3. The first-order valence-corrected chi connectivity index (χ1v) is 8.21. The molecule has 0 radical (unpaired) electrons. The van der Waals surface area contributed by atoms with Crippen molar-refractivity contribution in [1.29, 1.82) is 0 Å². The molecular formula is C15H19NO4S. The second-order valence-electron chi connectivity index (χ2n) is 4.91. The van der Waals surface area contributed by atoms with Crippen molar-refractivity contribution in [3.05, 3.63) is 29.8 Å². The van der Waals surface area contributed by atoms with Gasteiger partial charge in [0, 0.05) is 19.2 Å². The molecule has 21 heavy (non-hydrogen) atoms. The zero-order valence-corrected chi connectivity index (χ0v) is 12.9. The predicted molar refractivity (Wildman–Crippen MR) is 79.2 cm³/mol. The molecule has 1 saturated heterocycles. The molecule has 0 bridgehead atoms. The summed E-state index contributed by atoms with van der Waals surface area (Å²) in [6, 6.07) is 6.39. The average Bonchev–Trinajstić information content (AvgIpc) is 2.90. The van der Waals surface area contributed by atoms with Crippen LogP contribution in [0.25, 0.3) is 0 Å². The minimum atomic E-state index is -3.65. The van der Waals surface area contributed by atoms with E-state index in [-0.39, 0.29) is 23.6 Å². The van der Waals surface area contributed by atoms with Gasteiger partial charge < -0.3 is 9.84 Å². The minimum absolute atomic E-state index is 0.125. The van der Waals surface area contributed by atoms with Crippen LogP contribution < -0.4 is 0 Å². The van der Waals surface area contributed by atoms with E-state index < -0.39 is 10.0 Å². The van der Waals surface area contributed by atoms with Gasteiger partial charge in [-0.1, -0.05) is 24.0 Å². The van der Waals surface area contributed by atoms with Gasteiger partial charge in [0.15, 0.2) is 0 Å². The van der Waals surface area contributed by atoms with Crippen LogP contribution in [-0.2, 0) is 14.8 Å². The number of ether oxygens (including phenoxy) is 1. The van der Waals surface area contributed by atoms with Crippen LogP contribution >= 0.6 is 0 Å². The summed E-state index contributed by atoms with van der Waals surface area (Å²) >= 11 is 0. The number of likely N-dealkylation sites (N-methyl/N-ethyl adjacent to an activating group) is 1. The fourth-order valence-corrected chi connectivity index (χ4v) is 4.05. The van der Waals surface area contributed by atoms with Crippen molar-refractivity contribution in [2.24, 2.45) is 0 Å². The van der Waals surface area contributed by atoms with E-state index in [0.717, 1.165) is 0 Å². The lowest BCUT2D eigenvalue weighted by molar-refractivity contribution is 0.102. The zero-order chi connectivity index (χ0) is 15.5. The summed E-state index contributed by atoms with van der Waals surface area (Å²) in [5, 5.41) is 8.79. The highest BCUT2D eigenvalue weighted by Gasteiger charge is 2.35. The van der Waals surface area contributed by atoms with Gasteiger partial charge in [0.25, 0.3) is 0 Å². The Balaban J connectivity index is 2.40. The van der Waals surface area contributed by atoms with Gasteiger partial charge in [-0.3, -0.25) is 0 Å². The van der Waals surface area contributed by atoms with Gasteiger partial charge in [-0.2, -0.15) is 4.31 Å². The van der Waals surface area contributed by atoms with Crippen LogP contribution in [0.5, 0.6) is 0 Å². The fraction of sp³-hybridized carbons (Fsp3) is 0.467. The van der Waals surface area contributed by atoms with Crippen LogP contribution in [0.4, 0.5) is 0 Å². The maximum atomic E-state index is 12.8. The van der Waals surface area contributed by atoms with E-state index in [4.69, 9.17) is 9.84 Å². The molecule has 1 heterocycles. The Labute approximate surface area is 125 Å². The highest BCUT2D eigenvalue weighted by atomic mass is 32.2. The van der Waals surface area contributed by atoms with E-state index in [1.165, 1.54) is 10.4 Å². The van der Waals surface area contributed by atoms with Gasteiger partial charge in [0.05, 0.1) is 17.0 Å². The average molecular weight is 309 g/mol. The van der Waals surface area contributed by atoms with E-state index in [2.05, 4.69) is 11.8 Å². The first-order valence-electron chi connectivity index (χ1n) is 6.77. The van der Waals surface area contributed by atoms with Crippen LogP contribution in [0.15, 0.2) is 29.2 Å². The first-order chi connectivity index (χ1) is 9.98. The Kier molecular flexibility index (Phi) is 5.01. The summed E-state index contributed by atoms with van der Waals surface area (Å²) in [5.41, 5.74) is 0.393. The van der Waals surface area contributed by atoms with Crippen molar-refractivity contribution in [2.45, 2.75) is 30.4 Å². The number of benzene rings is 1. The van der Waals surface area contributed by atoms with Crippen molar-refractivity contribution >= 4 is 10.0 Å². The van der Waals surface area contributed by atoms with Gasteiger partial charge in [-0.15, -0.1) is 0 Å². The third kappa shape index (κ3) is 3.27. The lowest BCUT2D eigenvalue weighted by Gasteiger charge is -2.26. The van der Waals surface area contributed by atoms with Crippen molar-refractivity contribution in [2.75, 3.05) is 20.3 Å². The second kappa shape index (κ2) is 6.58. The molecule has 0 aliphatic carbocycles. The number of hydrogen-bond acceptors (Lipinski definition) is 4. The molecule has 114 valence electrons. The van der Waals surface area contributed by atoms with Gasteiger partial charge in [0.2, 0.25) is 10.0 Å². The Hall–Kier alpha value is -1.39. The van der Waals surface area contributed by atoms with Gasteiger partial charge in [0.1, 0.15) is 6.61 Å². The molecule has 1 aromatic carbocycles. The molecule has 0 saturated carbocycles. The number of hydrogen-bond donors (Lipinski definition) is 1. The Bertz CT molecular complexity index is 660. The van der Waals surface area contributed by atoms with Crippen LogP contribution in [0.3, 0.4) is 0 Å². The number of aliphatic hydroxyl groups excluding tert-OH is 1. The third-order valence-corrected chi connectivity index (χ3v) is 5.59. The normalized spacial score (nSPS) is 22.1. The molecule has 1 aliphatic heterocycles. The third-order valence-electron chi connectivity index (χ3n) is 3.65. The number of aliphatic hydroxyl groups is 1. The Morgan fingerprint density at radius 2 is 2.14 bits per heavy atom. The van der Waals surface area contributed by atoms with Crippen LogP contribution in [0, 0.1) is 11.8 Å². The summed E-state index contributed by atoms with van der Waals surface area (Å²) < 4.78 is 32.4. The molecule has 0 amide bonds. The molecule has 1 fully saturated rings. The first kappa shape index (κ1) is 16.0.